The summed E-state index contributed by atoms with van der Waals surface area (Å²) in [6, 6.07) is 11.2. The maximum Gasteiger partial charge on any atom is 0.167 e. The number of benzene rings is 1. The van der Waals surface area contributed by atoms with Crippen LogP contribution in [-0.4, -0.2) is 16.9 Å². The van der Waals surface area contributed by atoms with E-state index in [0.29, 0.717) is 23.9 Å². The summed E-state index contributed by atoms with van der Waals surface area (Å²) >= 11 is 9.11. The first-order valence-electron chi connectivity index (χ1n) is 5.86. The number of hydrogen-bond donors (Lipinski definition) is 0. The number of halogens is 3. The standard InChI is InChI=1S/C14H13BrClFN2/c15-6-7-19(10-11-4-2-1-3-5-11)14-13(17)8-12(16)9-18-14/h1-5,8-9H,6-7,10H2. The Kier molecular flexibility index (Phi) is 5.16. The molecule has 100 valence electrons. The minimum absolute atomic E-state index is 0.305. The van der Waals surface area contributed by atoms with Gasteiger partial charge < -0.3 is 4.90 Å². The second-order valence-corrected chi connectivity index (χ2v) is 5.28. The molecular formula is C14H13BrClFN2. The van der Waals surface area contributed by atoms with E-state index in [1.54, 1.807) is 0 Å². The Morgan fingerprint density at radius 1 is 1.26 bits per heavy atom. The molecule has 0 aliphatic rings. The highest BCUT2D eigenvalue weighted by molar-refractivity contribution is 9.09. The van der Waals surface area contributed by atoms with Crippen LogP contribution >= 0.6 is 27.5 Å². The molecule has 0 atom stereocenters. The summed E-state index contributed by atoms with van der Waals surface area (Å²) in [4.78, 5) is 5.98. The summed E-state index contributed by atoms with van der Waals surface area (Å²) in [5.74, 6) is -0.0721. The van der Waals surface area contributed by atoms with E-state index >= 15 is 0 Å². The maximum absolute atomic E-state index is 13.9. The molecule has 0 aliphatic carbocycles. The van der Waals surface area contributed by atoms with Crippen molar-refractivity contribution in [2.45, 2.75) is 6.54 Å². The van der Waals surface area contributed by atoms with E-state index in [1.165, 1.54) is 12.3 Å². The summed E-state index contributed by atoms with van der Waals surface area (Å²) in [6.45, 7) is 1.28. The second kappa shape index (κ2) is 6.87. The van der Waals surface area contributed by atoms with Crippen LogP contribution in [-0.2, 0) is 6.54 Å². The third-order valence-corrected chi connectivity index (χ3v) is 3.22. The highest BCUT2D eigenvalue weighted by atomic mass is 79.9. The van der Waals surface area contributed by atoms with Crippen molar-refractivity contribution in [2.24, 2.45) is 0 Å². The molecule has 19 heavy (non-hydrogen) atoms. The van der Waals surface area contributed by atoms with E-state index in [0.717, 1.165) is 10.9 Å². The molecule has 1 aromatic carbocycles. The van der Waals surface area contributed by atoms with Gasteiger partial charge in [-0.25, -0.2) is 9.37 Å². The van der Waals surface area contributed by atoms with Crippen LogP contribution in [0.5, 0.6) is 0 Å². The van der Waals surface area contributed by atoms with Gasteiger partial charge in [0.15, 0.2) is 11.6 Å². The van der Waals surface area contributed by atoms with Crippen molar-refractivity contribution in [3.05, 3.63) is 59.0 Å². The molecule has 0 unspecified atom stereocenters. The molecule has 2 rings (SSSR count). The van der Waals surface area contributed by atoms with Gasteiger partial charge in [-0.2, -0.15) is 0 Å². The number of rotatable bonds is 5. The summed E-state index contributed by atoms with van der Waals surface area (Å²) in [7, 11) is 0. The molecule has 0 spiro atoms. The molecule has 1 heterocycles. The van der Waals surface area contributed by atoms with Gasteiger partial charge in [0.25, 0.3) is 0 Å². The lowest BCUT2D eigenvalue weighted by Gasteiger charge is -2.23. The lowest BCUT2D eigenvalue weighted by atomic mass is 10.2. The largest absolute Gasteiger partial charge is 0.349 e. The number of hydrogen-bond acceptors (Lipinski definition) is 2. The Bertz CT molecular complexity index is 536. The molecule has 2 nitrogen and oxygen atoms in total. The van der Waals surface area contributed by atoms with E-state index in [9.17, 15) is 4.39 Å². The van der Waals surface area contributed by atoms with Gasteiger partial charge in [-0.1, -0.05) is 57.9 Å². The van der Waals surface area contributed by atoms with Crippen LogP contribution in [0.2, 0.25) is 5.02 Å². The van der Waals surface area contributed by atoms with E-state index in [1.807, 2.05) is 35.2 Å². The van der Waals surface area contributed by atoms with Crippen molar-refractivity contribution in [2.75, 3.05) is 16.8 Å². The van der Waals surface area contributed by atoms with E-state index in [4.69, 9.17) is 11.6 Å². The molecule has 5 heteroatoms. The Balaban J connectivity index is 2.24. The third-order valence-electron chi connectivity index (χ3n) is 2.66. The zero-order valence-electron chi connectivity index (χ0n) is 10.2. The monoisotopic (exact) mass is 342 g/mol. The van der Waals surface area contributed by atoms with Crippen LogP contribution in [0, 0.1) is 5.82 Å². The number of nitrogens with zero attached hydrogens (tertiary/aromatic N) is 2. The Morgan fingerprint density at radius 3 is 2.63 bits per heavy atom. The van der Waals surface area contributed by atoms with Gasteiger partial charge in [0.2, 0.25) is 0 Å². The average Bonchev–Trinajstić information content (AvgIpc) is 2.39. The third kappa shape index (κ3) is 3.91. The molecule has 0 radical (unpaired) electrons. The minimum Gasteiger partial charge on any atom is -0.349 e. The van der Waals surface area contributed by atoms with Gasteiger partial charge in [-0.05, 0) is 11.6 Å². The fourth-order valence-corrected chi connectivity index (χ4v) is 2.38. The van der Waals surface area contributed by atoms with E-state index < -0.39 is 5.82 Å². The second-order valence-electron chi connectivity index (χ2n) is 4.06. The van der Waals surface area contributed by atoms with Crippen molar-refractivity contribution in [1.29, 1.82) is 0 Å². The number of pyridine rings is 1. The van der Waals surface area contributed by atoms with Crippen molar-refractivity contribution in [3.8, 4) is 0 Å². The summed E-state index contributed by atoms with van der Waals surface area (Å²) < 4.78 is 13.9. The number of aromatic nitrogens is 1. The van der Waals surface area contributed by atoms with Gasteiger partial charge in [0.1, 0.15) is 0 Å². The summed E-state index contributed by atoms with van der Waals surface area (Å²) in [6.07, 6.45) is 1.46. The fourth-order valence-electron chi connectivity index (χ4n) is 1.81. The first kappa shape index (κ1) is 14.3. The molecule has 0 aliphatic heterocycles. The molecule has 0 N–H and O–H groups in total. The van der Waals surface area contributed by atoms with E-state index in [-0.39, 0.29) is 0 Å². The van der Waals surface area contributed by atoms with Gasteiger partial charge in [0, 0.05) is 24.6 Å². The predicted molar refractivity (Wildman–Crippen MR) is 80.5 cm³/mol. The van der Waals surface area contributed by atoms with Crippen LogP contribution in [0.3, 0.4) is 0 Å². The van der Waals surface area contributed by atoms with Crippen molar-refractivity contribution >= 4 is 33.3 Å². The number of alkyl halides is 1. The molecule has 1 aromatic heterocycles. The lowest BCUT2D eigenvalue weighted by molar-refractivity contribution is 0.610. The van der Waals surface area contributed by atoms with Crippen LogP contribution in [0.1, 0.15) is 5.56 Å². The normalized spacial score (nSPS) is 10.5. The molecular weight excluding hydrogens is 331 g/mol. The zero-order chi connectivity index (χ0) is 13.7. The van der Waals surface area contributed by atoms with Crippen LogP contribution in [0.4, 0.5) is 10.2 Å². The quantitative estimate of drug-likeness (QED) is 0.754. The highest BCUT2D eigenvalue weighted by Crippen LogP contribution is 2.21. The topological polar surface area (TPSA) is 16.1 Å². The predicted octanol–water partition coefficient (Wildman–Crippen LogP) is 4.28. The lowest BCUT2D eigenvalue weighted by Crippen LogP contribution is -2.26. The summed E-state index contributed by atoms with van der Waals surface area (Å²) in [5, 5.41) is 1.04. The number of anilines is 1. The van der Waals surface area contributed by atoms with Crippen molar-refractivity contribution < 1.29 is 4.39 Å². The van der Waals surface area contributed by atoms with Crippen molar-refractivity contribution in [1.82, 2.24) is 4.98 Å². The van der Waals surface area contributed by atoms with Crippen molar-refractivity contribution in [3.63, 3.8) is 0 Å². The van der Waals surface area contributed by atoms with E-state index in [2.05, 4.69) is 20.9 Å². The molecule has 0 bridgehead atoms. The van der Waals surface area contributed by atoms with Gasteiger partial charge in [0.05, 0.1) is 5.02 Å². The Hall–Kier alpha value is -1.13. The molecule has 0 saturated heterocycles. The van der Waals surface area contributed by atoms with Crippen LogP contribution in [0.25, 0.3) is 0 Å². The Labute approximate surface area is 125 Å². The first-order valence-corrected chi connectivity index (χ1v) is 7.36. The zero-order valence-corrected chi connectivity index (χ0v) is 12.5. The molecule has 0 amide bonds. The van der Waals surface area contributed by atoms with Crippen LogP contribution < -0.4 is 4.90 Å². The van der Waals surface area contributed by atoms with Gasteiger partial charge in [-0.3, -0.25) is 0 Å². The molecule has 0 saturated carbocycles. The smallest absolute Gasteiger partial charge is 0.167 e. The highest BCUT2D eigenvalue weighted by Gasteiger charge is 2.13. The minimum atomic E-state index is -0.399. The van der Waals surface area contributed by atoms with Crippen LogP contribution in [0.15, 0.2) is 42.6 Å². The average molecular weight is 344 g/mol. The Morgan fingerprint density at radius 2 is 2.00 bits per heavy atom. The molecule has 2 aromatic rings. The maximum atomic E-state index is 13.9. The summed E-state index contributed by atoms with van der Waals surface area (Å²) in [5.41, 5.74) is 1.11. The van der Waals surface area contributed by atoms with Gasteiger partial charge >= 0.3 is 0 Å². The fraction of sp³-hybridized carbons (Fsp3) is 0.214. The SMILES string of the molecule is Fc1cc(Cl)cnc1N(CCBr)Cc1ccccc1. The first-order chi connectivity index (χ1) is 9.20. The molecule has 0 fully saturated rings. The van der Waals surface area contributed by atoms with Gasteiger partial charge in [-0.15, -0.1) is 0 Å².